The van der Waals surface area contributed by atoms with E-state index in [2.05, 4.69) is 6.92 Å². The monoisotopic (exact) mass is 300 g/mol. The fourth-order valence-corrected chi connectivity index (χ4v) is 2.97. The van der Waals surface area contributed by atoms with E-state index in [9.17, 15) is 10.0 Å². The molecule has 1 atom stereocenters. The second-order valence-electron chi connectivity index (χ2n) is 6.75. The Balaban J connectivity index is 2.56. The van der Waals surface area contributed by atoms with Gasteiger partial charge in [-0.15, -0.1) is 10.3 Å². The van der Waals surface area contributed by atoms with Crippen LogP contribution in [0.5, 0.6) is 0 Å². The van der Waals surface area contributed by atoms with Gasteiger partial charge in [0.25, 0.3) is 0 Å². The van der Waals surface area contributed by atoms with Gasteiger partial charge in [0.2, 0.25) is 0 Å². The Morgan fingerprint density at radius 3 is 2.29 bits per heavy atom. The first kappa shape index (κ1) is 18.4. The lowest BCUT2D eigenvalue weighted by molar-refractivity contribution is -0.296. The van der Waals surface area contributed by atoms with Crippen molar-refractivity contribution in [2.75, 3.05) is 6.61 Å². The van der Waals surface area contributed by atoms with Crippen LogP contribution in [0.4, 0.5) is 0 Å². The average Bonchev–Trinajstić information content (AvgIpc) is 2.63. The summed E-state index contributed by atoms with van der Waals surface area (Å²) in [6.45, 7) is 6.36. The van der Waals surface area contributed by atoms with E-state index in [4.69, 9.17) is 9.84 Å². The zero-order valence-corrected chi connectivity index (χ0v) is 13.7. The number of unbranched alkanes of at least 4 members (excludes halogenated alkanes) is 4. The Bertz CT molecular complexity index is 332. The maximum absolute atomic E-state index is 12.6. The lowest BCUT2D eigenvalue weighted by Gasteiger charge is -2.35. The van der Waals surface area contributed by atoms with Crippen molar-refractivity contribution in [3.8, 4) is 0 Å². The summed E-state index contributed by atoms with van der Waals surface area (Å²) in [6.07, 6.45) is 7.44. The molecule has 0 amide bonds. The van der Waals surface area contributed by atoms with E-state index in [0.717, 1.165) is 17.9 Å². The molecule has 1 N–H and O–H groups in total. The molecule has 0 bridgehead atoms. The fraction of sp³-hybridized carbons (Fsp3) is 0.938. The van der Waals surface area contributed by atoms with Crippen molar-refractivity contribution in [2.24, 2.45) is 0 Å². The number of hydrogen-bond acceptors (Lipinski definition) is 3. The van der Waals surface area contributed by atoms with Gasteiger partial charge in [-0.05, 0) is 39.5 Å². The molecular formula is C16H30NO4. The molecule has 0 saturated carbocycles. The number of carboxylic acids is 1. The van der Waals surface area contributed by atoms with Crippen LogP contribution in [-0.4, -0.2) is 34.0 Å². The van der Waals surface area contributed by atoms with Crippen LogP contribution in [0.1, 0.15) is 78.6 Å². The Kier molecular flexibility index (Phi) is 7.10. The number of rotatable bonds is 10. The maximum atomic E-state index is 12.6. The molecule has 0 aromatic carbocycles. The lowest BCUT2D eigenvalue weighted by Crippen LogP contribution is -2.49. The van der Waals surface area contributed by atoms with Crippen LogP contribution in [-0.2, 0) is 14.7 Å². The Labute approximate surface area is 128 Å². The van der Waals surface area contributed by atoms with Crippen molar-refractivity contribution >= 4 is 5.97 Å². The van der Waals surface area contributed by atoms with Gasteiger partial charge in [-0.2, -0.15) is 0 Å². The van der Waals surface area contributed by atoms with E-state index in [0.29, 0.717) is 25.9 Å². The minimum Gasteiger partial charge on any atom is -0.481 e. The first-order valence-electron chi connectivity index (χ1n) is 8.17. The standard InChI is InChI=1S/C16H30NO4/c1-4-5-6-7-8-11-16(12-9-10-14(18)19)17(20)15(2,3)13-21-16/h4-13H2,1-3H3,(H,18,19). The highest BCUT2D eigenvalue weighted by Gasteiger charge is 2.51. The van der Waals surface area contributed by atoms with Gasteiger partial charge >= 0.3 is 5.97 Å². The summed E-state index contributed by atoms with van der Waals surface area (Å²) in [5.41, 5.74) is -1.34. The van der Waals surface area contributed by atoms with E-state index < -0.39 is 17.2 Å². The number of hydroxylamine groups is 2. The zero-order chi connectivity index (χ0) is 15.9. The number of aliphatic carboxylic acids is 1. The molecule has 1 heterocycles. The fourth-order valence-electron chi connectivity index (χ4n) is 2.97. The predicted molar refractivity (Wildman–Crippen MR) is 80.2 cm³/mol. The van der Waals surface area contributed by atoms with Gasteiger partial charge in [-0.3, -0.25) is 4.79 Å². The van der Waals surface area contributed by atoms with Crippen LogP contribution in [0.2, 0.25) is 0 Å². The molecule has 0 aromatic rings. The third kappa shape index (κ3) is 5.24. The van der Waals surface area contributed by atoms with Crippen molar-refractivity contribution in [2.45, 2.75) is 89.8 Å². The summed E-state index contributed by atoms with van der Waals surface area (Å²) in [6, 6.07) is 0. The predicted octanol–water partition coefficient (Wildman–Crippen LogP) is 3.75. The SMILES string of the molecule is CCCCCCCC1(CCCC(=O)O)OCC(C)(C)N1[O]. The molecule has 0 aromatic heterocycles. The number of hydrogen-bond donors (Lipinski definition) is 1. The molecule has 1 unspecified atom stereocenters. The Morgan fingerprint density at radius 2 is 1.76 bits per heavy atom. The summed E-state index contributed by atoms with van der Waals surface area (Å²) >= 11 is 0. The molecule has 21 heavy (non-hydrogen) atoms. The smallest absolute Gasteiger partial charge is 0.303 e. The molecular weight excluding hydrogens is 270 g/mol. The van der Waals surface area contributed by atoms with Crippen molar-refractivity contribution < 1.29 is 19.8 Å². The number of ether oxygens (including phenoxy) is 1. The molecule has 0 aliphatic carbocycles. The number of nitrogens with zero attached hydrogens (tertiary/aromatic N) is 1. The van der Waals surface area contributed by atoms with Gasteiger partial charge < -0.3 is 9.84 Å². The topological polar surface area (TPSA) is 69.7 Å². The quantitative estimate of drug-likeness (QED) is 0.624. The van der Waals surface area contributed by atoms with Crippen LogP contribution in [0.25, 0.3) is 0 Å². The van der Waals surface area contributed by atoms with Crippen molar-refractivity contribution in [1.82, 2.24) is 5.06 Å². The van der Waals surface area contributed by atoms with E-state index in [1.54, 1.807) is 0 Å². The Morgan fingerprint density at radius 1 is 1.14 bits per heavy atom. The van der Waals surface area contributed by atoms with Gasteiger partial charge in [0.05, 0.1) is 12.1 Å². The van der Waals surface area contributed by atoms with Crippen molar-refractivity contribution in [3.63, 3.8) is 0 Å². The molecule has 1 aliphatic heterocycles. The molecule has 5 nitrogen and oxygen atoms in total. The van der Waals surface area contributed by atoms with Crippen LogP contribution in [0.15, 0.2) is 0 Å². The van der Waals surface area contributed by atoms with Crippen LogP contribution >= 0.6 is 0 Å². The van der Waals surface area contributed by atoms with Gasteiger partial charge in [-0.1, -0.05) is 32.6 Å². The highest BCUT2D eigenvalue weighted by Crippen LogP contribution is 2.40. The third-order valence-electron chi connectivity index (χ3n) is 4.24. The number of carboxylic acid groups (broad SMARTS) is 1. The average molecular weight is 300 g/mol. The zero-order valence-electron chi connectivity index (χ0n) is 13.7. The summed E-state index contributed by atoms with van der Waals surface area (Å²) < 4.78 is 5.88. The van der Waals surface area contributed by atoms with Crippen LogP contribution in [0.3, 0.4) is 0 Å². The van der Waals surface area contributed by atoms with Crippen LogP contribution in [0, 0.1) is 0 Å². The van der Waals surface area contributed by atoms with Crippen molar-refractivity contribution in [1.29, 1.82) is 0 Å². The van der Waals surface area contributed by atoms with E-state index in [1.165, 1.54) is 19.3 Å². The maximum Gasteiger partial charge on any atom is 0.303 e. The molecule has 1 rings (SSSR count). The highest BCUT2D eigenvalue weighted by atomic mass is 16.6. The van der Waals surface area contributed by atoms with Gasteiger partial charge in [0.1, 0.15) is 5.72 Å². The van der Waals surface area contributed by atoms with Crippen LogP contribution < -0.4 is 0 Å². The molecule has 0 spiro atoms. The molecule has 1 fully saturated rings. The number of carbonyl (C=O) groups is 1. The summed E-state index contributed by atoms with van der Waals surface area (Å²) in [7, 11) is 0. The summed E-state index contributed by atoms with van der Waals surface area (Å²) in [5.74, 6) is -0.817. The molecule has 1 aliphatic rings. The normalized spacial score (nSPS) is 25.3. The first-order chi connectivity index (χ1) is 9.84. The molecule has 123 valence electrons. The first-order valence-corrected chi connectivity index (χ1v) is 8.17. The minimum atomic E-state index is -0.817. The van der Waals surface area contributed by atoms with Gasteiger partial charge in [0, 0.05) is 6.42 Å². The van der Waals surface area contributed by atoms with E-state index in [1.807, 2.05) is 13.8 Å². The van der Waals surface area contributed by atoms with Gasteiger partial charge in [-0.25, -0.2) is 0 Å². The molecule has 1 saturated heterocycles. The minimum absolute atomic E-state index is 0.0925. The second-order valence-corrected chi connectivity index (χ2v) is 6.75. The van der Waals surface area contributed by atoms with Crippen molar-refractivity contribution in [3.05, 3.63) is 0 Å². The largest absolute Gasteiger partial charge is 0.481 e. The second kappa shape index (κ2) is 8.11. The summed E-state index contributed by atoms with van der Waals surface area (Å²) in [4.78, 5) is 10.7. The van der Waals surface area contributed by atoms with E-state index >= 15 is 0 Å². The summed E-state index contributed by atoms with van der Waals surface area (Å²) in [5, 5.41) is 22.5. The Hall–Kier alpha value is -0.650. The van der Waals surface area contributed by atoms with E-state index in [-0.39, 0.29) is 6.42 Å². The van der Waals surface area contributed by atoms with Gasteiger partial charge in [0.15, 0.2) is 0 Å². The molecule has 1 radical (unpaired) electrons. The third-order valence-corrected chi connectivity index (χ3v) is 4.24. The lowest BCUT2D eigenvalue weighted by atomic mass is 9.96. The molecule has 5 heteroatoms. The highest BCUT2D eigenvalue weighted by molar-refractivity contribution is 5.66.